The summed E-state index contributed by atoms with van der Waals surface area (Å²) >= 11 is 0. The normalized spacial score (nSPS) is 11.9. The molecule has 0 saturated carbocycles. The number of hydrogen-bond acceptors (Lipinski definition) is 5. The summed E-state index contributed by atoms with van der Waals surface area (Å²) in [6.07, 6.45) is 6.50. The van der Waals surface area contributed by atoms with Gasteiger partial charge in [0.2, 0.25) is 0 Å². The van der Waals surface area contributed by atoms with Gasteiger partial charge in [-0.3, -0.25) is 0 Å². The minimum Gasteiger partial charge on any atom is -0.492 e. The highest BCUT2D eigenvalue weighted by atomic mass is 16.6. The van der Waals surface area contributed by atoms with Gasteiger partial charge in [-0.2, -0.15) is 0 Å². The van der Waals surface area contributed by atoms with Crippen molar-refractivity contribution in [1.29, 1.82) is 0 Å². The number of amides is 1. The Kier molecular flexibility index (Phi) is 15.0. The first-order valence-corrected chi connectivity index (χ1v) is 12.4. The highest BCUT2D eigenvalue weighted by Gasteiger charge is 2.20. The van der Waals surface area contributed by atoms with Crippen LogP contribution in [0.5, 0.6) is 5.75 Å². The highest BCUT2D eigenvalue weighted by molar-refractivity contribution is 5.72. The Labute approximate surface area is 199 Å². The third-order valence-electron chi connectivity index (χ3n) is 5.20. The number of carboxylic acid groups (broad SMARTS) is 1. The number of aliphatic carboxylic acids is 1. The summed E-state index contributed by atoms with van der Waals surface area (Å²) < 4.78 is 16.7. The minimum absolute atomic E-state index is 0.156. The number of nitrogens with zero attached hydrogens (tertiary/aromatic N) is 1. The average Bonchev–Trinajstić information content (AvgIpc) is 2.78. The van der Waals surface area contributed by atoms with E-state index in [1.165, 1.54) is 19.3 Å². The van der Waals surface area contributed by atoms with Crippen LogP contribution in [0.2, 0.25) is 0 Å². The first-order valence-electron chi connectivity index (χ1n) is 12.4. The van der Waals surface area contributed by atoms with Gasteiger partial charge in [0.05, 0.1) is 19.3 Å². The first-order chi connectivity index (χ1) is 15.9. The van der Waals surface area contributed by atoms with Gasteiger partial charge in [0, 0.05) is 13.0 Å². The zero-order valence-corrected chi connectivity index (χ0v) is 20.9. The minimum atomic E-state index is -0.968. The van der Waals surface area contributed by atoms with Gasteiger partial charge >= 0.3 is 12.1 Å². The second-order valence-corrected chi connectivity index (χ2v) is 8.58. The third-order valence-corrected chi connectivity index (χ3v) is 5.20. The molecule has 0 heterocycles. The van der Waals surface area contributed by atoms with Crippen molar-refractivity contribution in [2.45, 2.75) is 91.3 Å². The van der Waals surface area contributed by atoms with E-state index in [0.717, 1.165) is 31.2 Å². The SMILES string of the molecule is CCCCCCCN(CCOc1ccc(CC(OC(C)C)C(=O)O)cc1)C(=O)OCCCC. The fraction of sp³-hybridized carbons (Fsp3) is 0.692. The molecule has 1 rings (SSSR count). The van der Waals surface area contributed by atoms with Gasteiger partial charge in [0.25, 0.3) is 0 Å². The quantitative estimate of drug-likeness (QED) is 0.280. The van der Waals surface area contributed by atoms with Crippen LogP contribution >= 0.6 is 0 Å². The number of carbonyl (C=O) groups excluding carboxylic acids is 1. The largest absolute Gasteiger partial charge is 0.492 e. The smallest absolute Gasteiger partial charge is 0.409 e. The molecule has 1 aromatic carbocycles. The zero-order chi connectivity index (χ0) is 24.5. The Bertz CT molecular complexity index is 661. The van der Waals surface area contributed by atoms with Gasteiger partial charge in [-0.05, 0) is 44.4 Å². The standard InChI is InChI=1S/C26H43NO6/c1-5-7-9-10-11-16-27(26(30)32-18-8-6-2)17-19-31-23-14-12-22(13-15-23)20-24(25(28)29)33-21(3)4/h12-15,21,24H,5-11,16-20H2,1-4H3,(H,28,29). The lowest BCUT2D eigenvalue weighted by atomic mass is 10.1. The molecule has 0 saturated heterocycles. The van der Waals surface area contributed by atoms with Crippen LogP contribution in [0, 0.1) is 0 Å². The van der Waals surface area contributed by atoms with Crippen molar-refractivity contribution in [3.05, 3.63) is 29.8 Å². The predicted octanol–water partition coefficient (Wildman–Crippen LogP) is 5.70. The maximum atomic E-state index is 12.4. The molecule has 1 unspecified atom stereocenters. The van der Waals surface area contributed by atoms with Crippen LogP contribution in [-0.4, -0.2) is 60.6 Å². The maximum Gasteiger partial charge on any atom is 0.409 e. The summed E-state index contributed by atoms with van der Waals surface area (Å²) in [7, 11) is 0. The second kappa shape index (κ2) is 17.2. The van der Waals surface area contributed by atoms with E-state index in [2.05, 4.69) is 13.8 Å². The van der Waals surface area contributed by atoms with Crippen LogP contribution in [0.15, 0.2) is 24.3 Å². The van der Waals surface area contributed by atoms with Crippen LogP contribution in [0.4, 0.5) is 4.79 Å². The Morgan fingerprint density at radius 2 is 1.58 bits per heavy atom. The highest BCUT2D eigenvalue weighted by Crippen LogP contribution is 2.15. The van der Waals surface area contributed by atoms with E-state index in [4.69, 9.17) is 14.2 Å². The molecule has 0 aliphatic rings. The first kappa shape index (κ1) is 28.8. The summed E-state index contributed by atoms with van der Waals surface area (Å²) in [5, 5.41) is 9.33. The van der Waals surface area contributed by atoms with Gasteiger partial charge in [-0.1, -0.05) is 58.1 Å². The van der Waals surface area contributed by atoms with Crippen LogP contribution in [0.3, 0.4) is 0 Å². The molecule has 1 amide bonds. The molecule has 1 atom stereocenters. The molecule has 7 nitrogen and oxygen atoms in total. The van der Waals surface area contributed by atoms with E-state index in [0.29, 0.717) is 38.5 Å². The van der Waals surface area contributed by atoms with Crippen molar-refractivity contribution >= 4 is 12.1 Å². The fourth-order valence-corrected chi connectivity index (χ4v) is 3.33. The van der Waals surface area contributed by atoms with Crippen molar-refractivity contribution in [2.75, 3.05) is 26.3 Å². The summed E-state index contributed by atoms with van der Waals surface area (Å²) in [5.41, 5.74) is 0.864. The number of hydrogen-bond donors (Lipinski definition) is 1. The molecule has 0 radical (unpaired) electrons. The van der Waals surface area contributed by atoms with Crippen molar-refractivity contribution < 1.29 is 28.9 Å². The maximum absolute atomic E-state index is 12.4. The molecule has 33 heavy (non-hydrogen) atoms. The Morgan fingerprint density at radius 3 is 2.18 bits per heavy atom. The molecule has 0 bridgehead atoms. The van der Waals surface area contributed by atoms with Gasteiger partial charge in [-0.25, -0.2) is 9.59 Å². The molecule has 0 aliphatic carbocycles. The number of carboxylic acids is 1. The Balaban J connectivity index is 2.54. The molecule has 0 fully saturated rings. The van der Waals surface area contributed by atoms with Crippen LogP contribution < -0.4 is 4.74 Å². The van der Waals surface area contributed by atoms with E-state index < -0.39 is 12.1 Å². The van der Waals surface area contributed by atoms with Crippen molar-refractivity contribution in [3.8, 4) is 5.75 Å². The fourth-order valence-electron chi connectivity index (χ4n) is 3.33. The topological polar surface area (TPSA) is 85.3 Å². The Morgan fingerprint density at radius 1 is 0.909 bits per heavy atom. The lowest BCUT2D eigenvalue weighted by molar-refractivity contribution is -0.153. The lowest BCUT2D eigenvalue weighted by Crippen LogP contribution is -2.36. The van der Waals surface area contributed by atoms with Crippen molar-refractivity contribution in [1.82, 2.24) is 4.90 Å². The van der Waals surface area contributed by atoms with Gasteiger partial charge < -0.3 is 24.2 Å². The molecule has 1 aromatic rings. The van der Waals surface area contributed by atoms with E-state index in [1.54, 1.807) is 4.90 Å². The second-order valence-electron chi connectivity index (χ2n) is 8.58. The molecular weight excluding hydrogens is 422 g/mol. The number of benzene rings is 1. The van der Waals surface area contributed by atoms with Crippen LogP contribution in [0.25, 0.3) is 0 Å². The van der Waals surface area contributed by atoms with Crippen molar-refractivity contribution in [2.24, 2.45) is 0 Å². The van der Waals surface area contributed by atoms with E-state index in [9.17, 15) is 14.7 Å². The van der Waals surface area contributed by atoms with Gasteiger partial charge in [0.1, 0.15) is 12.4 Å². The molecular formula is C26H43NO6. The number of carbonyl (C=O) groups is 2. The van der Waals surface area contributed by atoms with E-state index in [1.807, 2.05) is 38.1 Å². The monoisotopic (exact) mass is 465 g/mol. The van der Waals surface area contributed by atoms with Gasteiger partial charge in [0.15, 0.2) is 6.10 Å². The summed E-state index contributed by atoms with van der Waals surface area (Å²) in [6, 6.07) is 7.33. The number of unbranched alkanes of at least 4 members (excludes halogenated alkanes) is 5. The molecule has 0 spiro atoms. The number of ether oxygens (including phenoxy) is 3. The van der Waals surface area contributed by atoms with Gasteiger partial charge in [-0.15, -0.1) is 0 Å². The zero-order valence-electron chi connectivity index (χ0n) is 20.9. The van der Waals surface area contributed by atoms with E-state index in [-0.39, 0.29) is 12.2 Å². The van der Waals surface area contributed by atoms with Crippen LogP contribution in [-0.2, 0) is 20.7 Å². The molecule has 0 aromatic heterocycles. The summed E-state index contributed by atoms with van der Waals surface area (Å²) in [5.74, 6) is -0.290. The number of rotatable bonds is 18. The van der Waals surface area contributed by atoms with Crippen molar-refractivity contribution in [3.63, 3.8) is 0 Å². The third kappa shape index (κ3) is 13.1. The summed E-state index contributed by atoms with van der Waals surface area (Å²) in [6.45, 7) is 9.84. The molecule has 7 heteroatoms. The molecule has 188 valence electrons. The summed E-state index contributed by atoms with van der Waals surface area (Å²) in [4.78, 5) is 25.6. The Hall–Kier alpha value is -2.28. The molecule has 1 N–H and O–H groups in total. The van der Waals surface area contributed by atoms with Crippen LogP contribution in [0.1, 0.15) is 78.2 Å². The van der Waals surface area contributed by atoms with E-state index >= 15 is 0 Å². The average molecular weight is 466 g/mol. The molecule has 0 aliphatic heterocycles. The lowest BCUT2D eigenvalue weighted by Gasteiger charge is -2.22. The predicted molar refractivity (Wildman–Crippen MR) is 130 cm³/mol.